The third kappa shape index (κ3) is 3.08. The van der Waals surface area contributed by atoms with Crippen molar-refractivity contribution in [2.24, 2.45) is 0 Å². The van der Waals surface area contributed by atoms with E-state index in [9.17, 15) is 13.2 Å². The predicted octanol–water partition coefficient (Wildman–Crippen LogP) is 3.16. The lowest BCUT2D eigenvalue weighted by Gasteiger charge is -2.04. The van der Waals surface area contributed by atoms with Gasteiger partial charge in [-0.3, -0.25) is 0 Å². The van der Waals surface area contributed by atoms with Gasteiger partial charge in [0.2, 0.25) is 0 Å². The summed E-state index contributed by atoms with van der Waals surface area (Å²) in [5.74, 6) is -3.77. The van der Waals surface area contributed by atoms with E-state index in [1.165, 1.54) is 0 Å². The molecule has 0 aliphatic carbocycles. The van der Waals surface area contributed by atoms with E-state index >= 15 is 0 Å². The second-order valence-electron chi connectivity index (χ2n) is 3.82. The third-order valence-corrected chi connectivity index (χ3v) is 3.25. The van der Waals surface area contributed by atoms with E-state index < -0.39 is 17.5 Å². The summed E-state index contributed by atoms with van der Waals surface area (Å²) in [6.07, 6.45) is 1.75. The molecule has 0 saturated carbocycles. The molecule has 0 atom stereocenters. The topological polar surface area (TPSA) is 24.9 Å². The van der Waals surface area contributed by atoms with E-state index in [-0.39, 0.29) is 6.54 Å². The van der Waals surface area contributed by atoms with Crippen molar-refractivity contribution in [3.8, 4) is 0 Å². The zero-order valence-electron chi connectivity index (χ0n) is 9.64. The van der Waals surface area contributed by atoms with Gasteiger partial charge in [-0.1, -0.05) is 0 Å². The number of benzene rings is 1. The summed E-state index contributed by atoms with van der Waals surface area (Å²) in [5.41, 5.74) is 0.368. The Morgan fingerprint density at radius 2 is 1.83 bits per heavy atom. The maximum absolute atomic E-state index is 12.9. The van der Waals surface area contributed by atoms with Gasteiger partial charge in [-0.05, 0) is 24.6 Å². The number of aryl methyl sites for hydroxylation is 1. The average molecular weight is 272 g/mol. The highest BCUT2D eigenvalue weighted by Gasteiger charge is 2.10. The first-order chi connectivity index (χ1) is 8.56. The maximum Gasteiger partial charge on any atom is 0.194 e. The van der Waals surface area contributed by atoms with Crippen LogP contribution in [-0.4, -0.2) is 4.98 Å². The first-order valence-corrected chi connectivity index (χ1v) is 6.13. The Morgan fingerprint density at radius 1 is 1.17 bits per heavy atom. The van der Waals surface area contributed by atoms with Gasteiger partial charge in [0, 0.05) is 24.2 Å². The summed E-state index contributed by atoms with van der Waals surface area (Å²) >= 11 is 1.55. The normalized spacial score (nSPS) is 10.9. The van der Waals surface area contributed by atoms with Crippen LogP contribution in [-0.2, 0) is 13.1 Å². The minimum atomic E-state index is -1.43. The Morgan fingerprint density at radius 3 is 2.39 bits per heavy atom. The van der Waals surface area contributed by atoms with E-state index in [0.717, 1.165) is 22.0 Å². The molecule has 6 heteroatoms. The predicted molar refractivity (Wildman–Crippen MR) is 63.7 cm³/mol. The number of aromatic nitrogens is 1. The van der Waals surface area contributed by atoms with Crippen LogP contribution in [0.1, 0.15) is 15.4 Å². The second-order valence-corrected chi connectivity index (χ2v) is 5.14. The number of thiazole rings is 1. The molecule has 0 fully saturated rings. The van der Waals surface area contributed by atoms with Crippen LogP contribution in [0, 0.1) is 24.4 Å². The lowest BCUT2D eigenvalue weighted by Crippen LogP contribution is -2.12. The Balaban J connectivity index is 1.94. The lowest BCUT2D eigenvalue weighted by molar-refractivity contribution is 0.444. The van der Waals surface area contributed by atoms with Crippen molar-refractivity contribution >= 4 is 11.3 Å². The Labute approximate surface area is 106 Å². The summed E-state index contributed by atoms with van der Waals surface area (Å²) in [4.78, 5) is 5.13. The van der Waals surface area contributed by atoms with Gasteiger partial charge in [-0.25, -0.2) is 18.2 Å². The van der Waals surface area contributed by atoms with Gasteiger partial charge in [-0.2, -0.15) is 0 Å². The highest BCUT2D eigenvalue weighted by Crippen LogP contribution is 2.14. The van der Waals surface area contributed by atoms with Gasteiger partial charge >= 0.3 is 0 Å². The fourth-order valence-corrected chi connectivity index (χ4v) is 2.29. The van der Waals surface area contributed by atoms with Gasteiger partial charge in [0.15, 0.2) is 17.5 Å². The van der Waals surface area contributed by atoms with E-state index in [0.29, 0.717) is 12.1 Å². The maximum atomic E-state index is 12.9. The van der Waals surface area contributed by atoms with Crippen molar-refractivity contribution in [1.82, 2.24) is 10.3 Å². The number of nitrogens with one attached hydrogen (secondary N) is 1. The number of hydrogen-bond acceptors (Lipinski definition) is 3. The standard InChI is InChI=1S/C12H11F3N2S/c1-7-17-6-9(18-7)5-16-4-8-2-10(13)12(15)11(14)3-8/h2-3,6,16H,4-5H2,1H3. The molecular weight excluding hydrogens is 261 g/mol. The summed E-state index contributed by atoms with van der Waals surface area (Å²) < 4.78 is 38.6. The van der Waals surface area contributed by atoms with Crippen LogP contribution in [0.5, 0.6) is 0 Å². The minimum absolute atomic E-state index is 0.269. The largest absolute Gasteiger partial charge is 0.308 e. The fraction of sp³-hybridized carbons (Fsp3) is 0.250. The number of nitrogens with zero attached hydrogens (tertiary/aromatic N) is 1. The number of halogens is 3. The molecule has 2 nitrogen and oxygen atoms in total. The molecular formula is C12H11F3N2S. The summed E-state index contributed by atoms with van der Waals surface area (Å²) in [6, 6.07) is 1.98. The molecule has 1 N–H and O–H groups in total. The van der Waals surface area contributed by atoms with Gasteiger partial charge in [0.05, 0.1) is 5.01 Å². The number of rotatable bonds is 4. The van der Waals surface area contributed by atoms with Crippen LogP contribution in [0.3, 0.4) is 0 Å². The Hall–Kier alpha value is -1.40. The third-order valence-electron chi connectivity index (χ3n) is 2.34. The van der Waals surface area contributed by atoms with Gasteiger partial charge in [-0.15, -0.1) is 11.3 Å². The van der Waals surface area contributed by atoms with E-state index in [2.05, 4.69) is 10.3 Å². The van der Waals surface area contributed by atoms with Crippen LogP contribution in [0.25, 0.3) is 0 Å². The molecule has 18 heavy (non-hydrogen) atoms. The monoisotopic (exact) mass is 272 g/mol. The molecule has 0 amide bonds. The molecule has 0 spiro atoms. The van der Waals surface area contributed by atoms with Crippen LogP contribution in [0.15, 0.2) is 18.3 Å². The lowest BCUT2D eigenvalue weighted by atomic mass is 10.2. The molecule has 0 radical (unpaired) electrons. The van der Waals surface area contributed by atoms with Crippen molar-refractivity contribution < 1.29 is 13.2 Å². The first-order valence-electron chi connectivity index (χ1n) is 5.31. The molecule has 0 unspecified atom stereocenters. The Kier molecular flexibility index (Phi) is 3.98. The average Bonchev–Trinajstić information content (AvgIpc) is 2.72. The van der Waals surface area contributed by atoms with Crippen LogP contribution in [0.2, 0.25) is 0 Å². The Bertz CT molecular complexity index is 531. The van der Waals surface area contributed by atoms with Crippen molar-refractivity contribution in [2.75, 3.05) is 0 Å². The van der Waals surface area contributed by atoms with Crippen molar-refractivity contribution in [1.29, 1.82) is 0 Å². The van der Waals surface area contributed by atoms with Crippen LogP contribution < -0.4 is 5.32 Å². The second kappa shape index (κ2) is 5.49. The molecule has 0 saturated heterocycles. The van der Waals surface area contributed by atoms with Gasteiger partial charge < -0.3 is 5.32 Å². The number of hydrogen-bond donors (Lipinski definition) is 1. The molecule has 0 aliphatic heterocycles. The van der Waals surface area contributed by atoms with Gasteiger partial charge in [0.25, 0.3) is 0 Å². The zero-order chi connectivity index (χ0) is 13.1. The van der Waals surface area contributed by atoms with Crippen molar-refractivity contribution in [3.63, 3.8) is 0 Å². The zero-order valence-corrected chi connectivity index (χ0v) is 10.5. The summed E-state index contributed by atoms with van der Waals surface area (Å²) in [7, 11) is 0. The highest BCUT2D eigenvalue weighted by atomic mass is 32.1. The molecule has 2 aromatic rings. The fourth-order valence-electron chi connectivity index (χ4n) is 1.53. The molecule has 0 aliphatic rings. The van der Waals surface area contributed by atoms with Crippen molar-refractivity contribution in [2.45, 2.75) is 20.0 Å². The summed E-state index contributed by atoms with van der Waals surface area (Å²) in [6.45, 7) is 2.73. The highest BCUT2D eigenvalue weighted by molar-refractivity contribution is 7.11. The quantitative estimate of drug-likeness (QED) is 0.865. The SMILES string of the molecule is Cc1ncc(CNCc2cc(F)c(F)c(F)c2)s1. The smallest absolute Gasteiger partial charge is 0.194 e. The molecule has 1 aromatic heterocycles. The molecule has 2 rings (SSSR count). The van der Waals surface area contributed by atoms with Crippen LogP contribution >= 0.6 is 11.3 Å². The molecule has 96 valence electrons. The molecule has 1 heterocycles. The van der Waals surface area contributed by atoms with Crippen molar-refractivity contribution in [3.05, 3.63) is 51.2 Å². The van der Waals surface area contributed by atoms with E-state index in [1.54, 1.807) is 17.5 Å². The minimum Gasteiger partial charge on any atom is -0.308 e. The molecule has 0 bridgehead atoms. The first kappa shape index (κ1) is 13.0. The van der Waals surface area contributed by atoms with Gasteiger partial charge in [0.1, 0.15) is 0 Å². The summed E-state index contributed by atoms with van der Waals surface area (Å²) in [5, 5.41) is 3.98. The molecule has 1 aromatic carbocycles. The van der Waals surface area contributed by atoms with E-state index in [4.69, 9.17) is 0 Å². The van der Waals surface area contributed by atoms with E-state index in [1.807, 2.05) is 6.92 Å². The van der Waals surface area contributed by atoms with Crippen LogP contribution in [0.4, 0.5) is 13.2 Å².